The van der Waals surface area contributed by atoms with Crippen LogP contribution in [0.2, 0.25) is 39.3 Å². The number of methoxy groups -OCH3 is 5. The van der Waals surface area contributed by atoms with Crippen LogP contribution in [0.4, 0.5) is 26.3 Å². The number of halogens is 16. The van der Waals surface area contributed by atoms with Gasteiger partial charge in [-0.1, -0.05) is 191 Å². The van der Waals surface area contributed by atoms with Crippen LogP contribution in [0.15, 0.2) is 188 Å². The van der Waals surface area contributed by atoms with Crippen molar-refractivity contribution in [3.8, 4) is 57.5 Å². The molecule has 5 unspecified atom stereocenters. The summed E-state index contributed by atoms with van der Waals surface area (Å²) in [7, 11) is 53.3. The Bertz CT molecular complexity index is 4310. The first-order chi connectivity index (χ1) is 52.2. The number of para-hydroxylation sites is 2. The average Bonchev–Trinajstić information content (AvgIpc) is 0.751. The van der Waals surface area contributed by atoms with Crippen molar-refractivity contribution in [2.24, 2.45) is 0 Å². The number of aromatic hydroxyl groups is 5. The second-order valence-corrected chi connectivity index (χ2v) is 52.8. The van der Waals surface area contributed by atoms with E-state index in [4.69, 9.17) is 117 Å². The SMILES string of the molecule is COc1cc(OC)c(O)c(Pc2ccccc2F)c1.COc1ccc(O)c(Pc2ccccc2F)c1.COc1cccc(Pc2c(C)cccc2F)c1O.COc1cccc(Pc2ccccc2F)c1O.C[Si](C)(C)c1cc(Pc2ccc(F)cc2F)c(O)c([Si](C)(C)C)c1.[Cl][Ti][Cl].[Cl][Ti][Cl].[Cl][Ti][Cl].[Cl][Ti][Cl].[Cl][Ti][Cl]. The number of hydrogen-bond donors (Lipinski definition) is 5. The molecule has 0 saturated carbocycles. The van der Waals surface area contributed by atoms with Crippen molar-refractivity contribution in [3.63, 3.8) is 0 Å². The van der Waals surface area contributed by atoms with Gasteiger partial charge < -0.3 is 49.2 Å². The Morgan fingerprint density at radius 2 is 0.673 bits per heavy atom. The molecule has 590 valence electrons. The molecule has 0 aliphatic rings. The third-order valence-electron chi connectivity index (χ3n) is 14.0. The summed E-state index contributed by atoms with van der Waals surface area (Å²) in [5, 5.41) is 58.9. The predicted octanol–water partition coefficient (Wildman–Crippen LogP) is 19.3. The van der Waals surface area contributed by atoms with Gasteiger partial charge in [-0.05, 0) is 90.5 Å². The van der Waals surface area contributed by atoms with Crippen molar-refractivity contribution in [3.05, 3.63) is 229 Å². The number of benzene rings is 10. The van der Waals surface area contributed by atoms with Crippen LogP contribution in [0.1, 0.15) is 5.56 Å². The third-order valence-corrected chi connectivity index (χ3v) is 25.0. The average molecular weight is 2020 g/mol. The standard InChI is InChI=1S/C18H25F2OPSi2.C14H14FO3P.C14H14FO2P.2C13H12FO2P.10ClH.5Ti/c1-23(2,3)13-10-16(18(21)17(11-13)24(4,5)6)22-15-8-7-12(19)9-14(15)20;1-17-9-7-11(18-2)14(16)13(8-9)19-12-6-4-3-5-10(12)15;1-9-5-3-6-10(15)14(9)18-12-8-4-7-11(17-2)13(12)16;1-16-10-6-4-8-12(13(10)15)17-11-7-3-2-5-9(11)14;1-16-9-6-7-11(15)13(8-9)17-12-5-3-2-4-10(12)14;;;;;;;;;;;;;;;/h7-11,21-22H,1-6H3;3-8,16,19H,1-2H3;3-8,16,18H,1-2H3;2*2-8,15,17H,1H3;10*1H;;;;;/q;;;;;;;;;;;;;;;5*+2/p-10. The Morgan fingerprint density at radius 3 is 1.07 bits per heavy atom. The Morgan fingerprint density at radius 1 is 0.309 bits per heavy atom. The zero-order valence-corrected chi connectivity index (χ0v) is 83.1. The third kappa shape index (κ3) is 39.6. The van der Waals surface area contributed by atoms with Crippen LogP contribution in [-0.2, 0) is 85.2 Å². The summed E-state index contributed by atoms with van der Waals surface area (Å²) < 4.78 is 107. The van der Waals surface area contributed by atoms with Gasteiger partial charge in [0.05, 0.1) is 51.7 Å². The van der Waals surface area contributed by atoms with Crippen LogP contribution in [0.25, 0.3) is 0 Å². The quantitative estimate of drug-likeness (QED) is 0.0339. The Kier molecular flexibility index (Phi) is 57.8. The van der Waals surface area contributed by atoms with Gasteiger partial charge in [0.25, 0.3) is 0 Å². The summed E-state index contributed by atoms with van der Waals surface area (Å²) >= 11 is -2.78. The maximum atomic E-state index is 14.0. The minimum absolute atomic E-state index is 0.0118. The number of hydrogen-bond acceptors (Lipinski definition) is 10. The van der Waals surface area contributed by atoms with Crippen LogP contribution in [0.3, 0.4) is 0 Å². The van der Waals surface area contributed by atoms with Gasteiger partial charge in [-0.25, -0.2) is 26.3 Å². The van der Waals surface area contributed by atoms with Gasteiger partial charge in [0, 0.05) is 65.2 Å². The zero-order chi connectivity index (χ0) is 83.3. The number of aryl methyl sites for hydroxylation is 1. The normalized spacial score (nSPS) is 10.5. The molecule has 38 heteroatoms. The van der Waals surface area contributed by atoms with E-state index in [-0.39, 0.29) is 89.2 Å². The molecule has 0 aliphatic heterocycles. The van der Waals surface area contributed by atoms with E-state index in [9.17, 15) is 51.9 Å². The monoisotopic (exact) mass is 2020 g/mol. The van der Waals surface area contributed by atoms with Crippen molar-refractivity contribution >= 4 is 216 Å². The number of ether oxygens (including phenoxy) is 5. The summed E-state index contributed by atoms with van der Waals surface area (Å²) in [6.07, 6.45) is 0. The van der Waals surface area contributed by atoms with Crippen molar-refractivity contribution in [1.29, 1.82) is 0 Å². The van der Waals surface area contributed by atoms with Crippen molar-refractivity contribution in [1.82, 2.24) is 0 Å². The van der Waals surface area contributed by atoms with Crippen LogP contribution >= 0.6 is 136 Å². The first-order valence-corrected chi connectivity index (χ1v) is 64.7. The molecule has 110 heavy (non-hydrogen) atoms. The van der Waals surface area contributed by atoms with Crippen LogP contribution in [-0.4, -0.2) is 77.2 Å². The fraction of sp³-hybridized carbons (Fsp3) is 0.167. The van der Waals surface area contributed by atoms with Gasteiger partial charge in [0.1, 0.15) is 57.9 Å². The molecule has 0 bridgehead atoms. The second-order valence-electron chi connectivity index (χ2n) is 23.2. The molecule has 10 aromatic rings. The second kappa shape index (κ2) is 59.5. The molecule has 0 aromatic heterocycles. The molecular weight excluding hydrogens is 1940 g/mol. The van der Waals surface area contributed by atoms with E-state index < -0.39 is 113 Å². The van der Waals surface area contributed by atoms with Crippen LogP contribution < -0.4 is 87.1 Å². The molecule has 10 aromatic carbocycles. The van der Waals surface area contributed by atoms with Crippen LogP contribution in [0.5, 0.6) is 57.5 Å². The first kappa shape index (κ1) is 107. The first-order valence-electron chi connectivity index (χ1n) is 31.2. The summed E-state index contributed by atoms with van der Waals surface area (Å²) in [6.45, 7) is 15.2. The molecule has 0 saturated heterocycles. The molecular formula is C72H77Cl10F6O10P5Si2Ti5. The minimum atomic E-state index is -1.74. The molecule has 0 radical (unpaired) electrons. The molecule has 10 rings (SSSR count). The van der Waals surface area contributed by atoms with Crippen molar-refractivity contribution in [2.75, 3.05) is 35.5 Å². The Balaban J connectivity index is 0.000000659. The molecule has 0 spiro atoms. The summed E-state index contributed by atoms with van der Waals surface area (Å²) in [4.78, 5) is 0. The van der Waals surface area contributed by atoms with Gasteiger partial charge in [0.15, 0.2) is 34.5 Å². The van der Waals surface area contributed by atoms with E-state index in [1.54, 1.807) is 135 Å². The van der Waals surface area contributed by atoms with E-state index in [0.717, 1.165) is 22.1 Å². The van der Waals surface area contributed by atoms with Gasteiger partial charge in [-0.2, -0.15) is 0 Å². The van der Waals surface area contributed by atoms with Gasteiger partial charge >= 0.3 is 178 Å². The van der Waals surface area contributed by atoms with Gasteiger partial charge in [-0.3, -0.25) is 0 Å². The van der Waals surface area contributed by atoms with Crippen molar-refractivity contribution in [2.45, 2.75) is 46.2 Å². The van der Waals surface area contributed by atoms with E-state index >= 15 is 0 Å². The van der Waals surface area contributed by atoms with E-state index in [2.05, 4.69) is 45.3 Å². The van der Waals surface area contributed by atoms with Gasteiger partial charge in [-0.15, -0.1) is 0 Å². The summed E-state index contributed by atoms with van der Waals surface area (Å²) in [5.41, 5.74) is 0.885. The van der Waals surface area contributed by atoms with E-state index in [1.165, 1.54) is 70.0 Å². The molecule has 10 nitrogen and oxygen atoms in total. The predicted molar refractivity (Wildman–Crippen MR) is 452 cm³/mol. The summed E-state index contributed by atoms with van der Waals surface area (Å²) in [6, 6.07) is 51.1. The number of phenols is 5. The van der Waals surface area contributed by atoms with Crippen LogP contribution in [0, 0.1) is 41.8 Å². The number of phenolic OH excluding ortho intramolecular Hbond substituents is 5. The fourth-order valence-corrected chi connectivity index (χ4v) is 17.4. The summed E-state index contributed by atoms with van der Waals surface area (Å²) in [5.74, 6) is 0.810. The van der Waals surface area contributed by atoms with E-state index in [1.807, 2.05) is 19.1 Å². The molecule has 0 amide bonds. The maximum absolute atomic E-state index is 14.0. The molecule has 0 fully saturated rings. The number of rotatable bonds is 17. The Labute approximate surface area is 734 Å². The van der Waals surface area contributed by atoms with Gasteiger partial charge in [0.2, 0.25) is 0 Å². The molecule has 5 N–H and O–H groups in total. The van der Waals surface area contributed by atoms with E-state index in [0.29, 0.717) is 82.2 Å². The molecule has 0 heterocycles. The topological polar surface area (TPSA) is 147 Å². The zero-order valence-electron chi connectivity index (χ0n) is 60.7. The molecule has 0 aliphatic carbocycles. The molecule has 5 atom stereocenters. The Hall–Kier alpha value is -1.16. The fourth-order valence-electron chi connectivity index (χ4n) is 8.79. The van der Waals surface area contributed by atoms with Crippen molar-refractivity contribution < 1.29 is 161 Å².